The molecule has 3 rings (SSSR count). The van der Waals surface area contributed by atoms with Crippen LogP contribution in [0.4, 0.5) is 5.69 Å². The van der Waals surface area contributed by atoms with Crippen LogP contribution in [0.15, 0.2) is 33.7 Å². The van der Waals surface area contributed by atoms with E-state index in [2.05, 4.69) is 14.9 Å². The van der Waals surface area contributed by atoms with Crippen LogP contribution in [0.1, 0.15) is 21.9 Å². The first-order valence-corrected chi connectivity index (χ1v) is 9.58. The Labute approximate surface area is 144 Å². The van der Waals surface area contributed by atoms with Crippen molar-refractivity contribution in [1.82, 2.24) is 10.1 Å². The van der Waals surface area contributed by atoms with E-state index in [1.165, 1.54) is 11.3 Å². The minimum Gasteiger partial charge on any atom is -0.339 e. The largest absolute Gasteiger partial charge is 0.339 e. The summed E-state index contributed by atoms with van der Waals surface area (Å²) < 4.78 is 33.2. The Bertz CT molecular complexity index is 1000. The highest BCUT2D eigenvalue weighted by Crippen LogP contribution is 2.33. The molecule has 0 aliphatic carbocycles. The number of aryl methyl sites for hydroxylation is 3. The lowest BCUT2D eigenvalue weighted by atomic mass is 10.1. The van der Waals surface area contributed by atoms with Gasteiger partial charge < -0.3 is 4.52 Å². The van der Waals surface area contributed by atoms with Gasteiger partial charge in [0.1, 0.15) is 4.90 Å². The van der Waals surface area contributed by atoms with Crippen molar-refractivity contribution in [1.29, 1.82) is 0 Å². The Hall–Kier alpha value is -2.19. The summed E-state index contributed by atoms with van der Waals surface area (Å²) >= 11 is 1.32. The predicted molar refractivity (Wildman–Crippen MR) is 93.8 cm³/mol. The first-order valence-electron chi connectivity index (χ1n) is 7.28. The van der Waals surface area contributed by atoms with Gasteiger partial charge in [0.05, 0.1) is 10.6 Å². The summed E-state index contributed by atoms with van der Waals surface area (Å²) in [5, 5.41) is 3.84. The van der Waals surface area contributed by atoms with Crippen LogP contribution in [0.25, 0.3) is 10.7 Å². The Morgan fingerprint density at radius 2 is 1.92 bits per heavy atom. The number of thiophene rings is 1. The van der Waals surface area contributed by atoms with Gasteiger partial charge in [-0.2, -0.15) is 4.98 Å². The quantitative estimate of drug-likeness (QED) is 0.761. The summed E-state index contributed by atoms with van der Waals surface area (Å²) in [5.41, 5.74) is 2.51. The molecule has 0 radical (unpaired) electrons. The molecule has 0 fully saturated rings. The predicted octanol–water partition coefficient (Wildman–Crippen LogP) is 3.83. The molecule has 0 amide bonds. The minimum atomic E-state index is -3.69. The number of rotatable bonds is 4. The highest BCUT2D eigenvalue weighted by Gasteiger charge is 2.23. The molecular formula is C16H17N3O3S2. The van der Waals surface area contributed by atoms with Gasteiger partial charge in [-0.1, -0.05) is 17.3 Å². The van der Waals surface area contributed by atoms with Crippen molar-refractivity contribution in [2.45, 2.75) is 32.6 Å². The van der Waals surface area contributed by atoms with Crippen molar-refractivity contribution in [3.8, 4) is 10.7 Å². The molecule has 6 nitrogen and oxygen atoms in total. The van der Waals surface area contributed by atoms with Gasteiger partial charge in [0.15, 0.2) is 0 Å². The van der Waals surface area contributed by atoms with E-state index in [1.54, 1.807) is 26.0 Å². The lowest BCUT2D eigenvalue weighted by molar-refractivity contribution is 0.394. The number of benzene rings is 1. The van der Waals surface area contributed by atoms with Crippen LogP contribution in [-0.2, 0) is 10.0 Å². The first-order chi connectivity index (χ1) is 11.3. The molecule has 24 heavy (non-hydrogen) atoms. The van der Waals surface area contributed by atoms with Gasteiger partial charge in [0.2, 0.25) is 11.7 Å². The number of anilines is 1. The summed E-state index contributed by atoms with van der Waals surface area (Å²) in [6.45, 7) is 7.29. The maximum absolute atomic E-state index is 12.8. The van der Waals surface area contributed by atoms with E-state index in [-0.39, 0.29) is 4.90 Å². The first kappa shape index (κ1) is 16.7. The van der Waals surface area contributed by atoms with Gasteiger partial charge in [-0.3, -0.25) is 4.72 Å². The molecule has 8 heteroatoms. The van der Waals surface area contributed by atoms with Crippen molar-refractivity contribution in [2.24, 2.45) is 0 Å². The zero-order valence-electron chi connectivity index (χ0n) is 13.7. The fraction of sp³-hybridized carbons (Fsp3) is 0.250. The Morgan fingerprint density at radius 3 is 2.58 bits per heavy atom. The molecule has 0 atom stereocenters. The van der Waals surface area contributed by atoms with E-state index in [9.17, 15) is 8.42 Å². The fourth-order valence-electron chi connectivity index (χ4n) is 2.30. The molecule has 0 unspecified atom stereocenters. The number of nitrogens with one attached hydrogen (secondary N) is 1. The number of hydrogen-bond acceptors (Lipinski definition) is 6. The number of hydrogen-bond donors (Lipinski definition) is 1. The Morgan fingerprint density at radius 1 is 1.17 bits per heavy atom. The molecule has 1 aromatic carbocycles. The molecule has 2 aromatic heterocycles. The normalized spacial score (nSPS) is 11.7. The highest BCUT2D eigenvalue weighted by atomic mass is 32.2. The SMILES string of the molecule is Cc1nc(-c2cc(S(=O)(=O)Nc3cccc(C)c3C)c(C)s2)no1. The van der Waals surface area contributed by atoms with Gasteiger partial charge >= 0.3 is 0 Å². The van der Waals surface area contributed by atoms with E-state index < -0.39 is 10.0 Å². The van der Waals surface area contributed by atoms with Crippen molar-refractivity contribution in [2.75, 3.05) is 4.72 Å². The van der Waals surface area contributed by atoms with Crippen LogP contribution in [0.5, 0.6) is 0 Å². The molecule has 126 valence electrons. The summed E-state index contributed by atoms with van der Waals surface area (Å²) in [5.74, 6) is 0.836. The van der Waals surface area contributed by atoms with Crippen LogP contribution in [0.2, 0.25) is 0 Å². The molecule has 3 aromatic rings. The molecule has 0 saturated carbocycles. The van der Waals surface area contributed by atoms with Crippen molar-refractivity contribution >= 4 is 27.0 Å². The third-order valence-corrected chi connectivity index (χ3v) is 6.43. The smallest absolute Gasteiger partial charge is 0.263 e. The van der Waals surface area contributed by atoms with Gasteiger partial charge in [-0.05, 0) is 44.0 Å². The van der Waals surface area contributed by atoms with E-state index in [4.69, 9.17) is 4.52 Å². The lowest BCUT2D eigenvalue weighted by Crippen LogP contribution is -2.14. The maximum atomic E-state index is 12.8. The molecule has 1 N–H and O–H groups in total. The van der Waals surface area contributed by atoms with Crippen LogP contribution in [0, 0.1) is 27.7 Å². The molecule has 0 bridgehead atoms. The summed E-state index contributed by atoms with van der Waals surface area (Å²) in [4.78, 5) is 5.70. The van der Waals surface area contributed by atoms with Crippen LogP contribution >= 0.6 is 11.3 Å². The minimum absolute atomic E-state index is 0.228. The maximum Gasteiger partial charge on any atom is 0.263 e. The summed E-state index contributed by atoms with van der Waals surface area (Å²) in [6, 6.07) is 7.11. The van der Waals surface area contributed by atoms with Crippen LogP contribution in [-0.4, -0.2) is 18.6 Å². The number of nitrogens with zero attached hydrogens (tertiary/aromatic N) is 2. The molecule has 0 aliphatic heterocycles. The zero-order valence-corrected chi connectivity index (χ0v) is 15.4. The lowest BCUT2D eigenvalue weighted by Gasteiger charge is -2.11. The highest BCUT2D eigenvalue weighted by molar-refractivity contribution is 7.93. The van der Waals surface area contributed by atoms with Gasteiger partial charge in [-0.25, -0.2) is 8.42 Å². The average molecular weight is 363 g/mol. The Balaban J connectivity index is 1.98. The molecular weight excluding hydrogens is 346 g/mol. The Kier molecular flexibility index (Phi) is 4.18. The van der Waals surface area contributed by atoms with E-state index in [0.29, 0.717) is 27.2 Å². The van der Waals surface area contributed by atoms with Gasteiger partial charge in [0, 0.05) is 11.8 Å². The van der Waals surface area contributed by atoms with Gasteiger partial charge in [0.25, 0.3) is 10.0 Å². The topological polar surface area (TPSA) is 85.1 Å². The van der Waals surface area contributed by atoms with Gasteiger partial charge in [-0.15, -0.1) is 11.3 Å². The molecule has 2 heterocycles. The van der Waals surface area contributed by atoms with E-state index >= 15 is 0 Å². The van der Waals surface area contributed by atoms with Crippen molar-refractivity contribution in [3.05, 3.63) is 46.2 Å². The second kappa shape index (κ2) is 6.03. The summed E-state index contributed by atoms with van der Waals surface area (Å²) in [7, 11) is -3.69. The fourth-order valence-corrected chi connectivity index (χ4v) is 4.94. The zero-order chi connectivity index (χ0) is 17.5. The summed E-state index contributed by atoms with van der Waals surface area (Å²) in [6.07, 6.45) is 0. The van der Waals surface area contributed by atoms with Crippen molar-refractivity contribution in [3.63, 3.8) is 0 Å². The number of aromatic nitrogens is 2. The third kappa shape index (κ3) is 3.07. The molecule has 0 aliphatic rings. The number of sulfonamides is 1. The van der Waals surface area contributed by atoms with Crippen LogP contribution < -0.4 is 4.72 Å². The van der Waals surface area contributed by atoms with Crippen molar-refractivity contribution < 1.29 is 12.9 Å². The monoisotopic (exact) mass is 363 g/mol. The van der Waals surface area contributed by atoms with E-state index in [0.717, 1.165) is 11.1 Å². The van der Waals surface area contributed by atoms with E-state index in [1.807, 2.05) is 26.0 Å². The second-order valence-corrected chi connectivity index (χ2v) is 8.43. The molecule has 0 saturated heterocycles. The van der Waals surface area contributed by atoms with Crippen LogP contribution in [0.3, 0.4) is 0 Å². The average Bonchev–Trinajstić information content (AvgIpc) is 3.10. The molecule has 0 spiro atoms. The second-order valence-electron chi connectivity index (χ2n) is 5.52. The third-order valence-electron chi connectivity index (χ3n) is 3.76. The standard InChI is InChI=1S/C16H17N3O3S2/c1-9-6-5-7-13(10(9)2)19-24(20,21)15-8-14(23-11(15)3)16-17-12(4)22-18-16/h5-8,19H,1-4H3.